The first-order chi connectivity index (χ1) is 12.5. The molecule has 0 aromatic heterocycles. The van der Waals surface area contributed by atoms with Crippen LogP contribution in [0.2, 0.25) is 0 Å². The molecule has 138 valence electrons. The lowest BCUT2D eigenvalue weighted by molar-refractivity contribution is 0.210. The van der Waals surface area contributed by atoms with E-state index in [4.69, 9.17) is 4.74 Å². The standard InChI is InChI=1S/C20H22FNO3S/c21-16-7-5-15(6-8-16)20(13-14-20)22-26(23,24)19-11-9-18(10-12-19)25-17-3-1-2-4-17/h5-12,17,22H,1-4,13-14H2. The minimum Gasteiger partial charge on any atom is -0.490 e. The van der Waals surface area contributed by atoms with Crippen molar-refractivity contribution in [2.24, 2.45) is 0 Å². The highest BCUT2D eigenvalue weighted by Crippen LogP contribution is 2.46. The highest BCUT2D eigenvalue weighted by Gasteiger charge is 2.47. The molecule has 2 aromatic carbocycles. The maximum absolute atomic E-state index is 13.1. The van der Waals surface area contributed by atoms with Crippen LogP contribution < -0.4 is 9.46 Å². The number of sulfonamides is 1. The summed E-state index contributed by atoms with van der Waals surface area (Å²) >= 11 is 0. The van der Waals surface area contributed by atoms with Crippen LogP contribution in [0.3, 0.4) is 0 Å². The summed E-state index contributed by atoms with van der Waals surface area (Å²) in [5, 5.41) is 0. The van der Waals surface area contributed by atoms with Crippen LogP contribution in [-0.2, 0) is 15.6 Å². The first-order valence-corrected chi connectivity index (χ1v) is 10.5. The second-order valence-electron chi connectivity index (χ2n) is 7.19. The number of benzene rings is 2. The molecule has 0 saturated heterocycles. The molecule has 4 rings (SSSR count). The lowest BCUT2D eigenvalue weighted by atomic mass is 10.1. The van der Waals surface area contributed by atoms with Crippen molar-refractivity contribution < 1.29 is 17.5 Å². The summed E-state index contributed by atoms with van der Waals surface area (Å²) in [5.41, 5.74) is 0.176. The monoisotopic (exact) mass is 375 g/mol. The molecule has 0 unspecified atom stereocenters. The van der Waals surface area contributed by atoms with Crippen LogP contribution in [0.5, 0.6) is 5.75 Å². The van der Waals surface area contributed by atoms with Crippen LogP contribution in [0.1, 0.15) is 44.1 Å². The van der Waals surface area contributed by atoms with E-state index in [1.807, 2.05) is 0 Å². The van der Waals surface area contributed by atoms with Crippen molar-refractivity contribution in [1.29, 1.82) is 0 Å². The first kappa shape index (κ1) is 17.5. The van der Waals surface area contributed by atoms with Crippen molar-refractivity contribution in [2.45, 2.75) is 55.1 Å². The van der Waals surface area contributed by atoms with E-state index in [1.54, 1.807) is 36.4 Å². The highest BCUT2D eigenvalue weighted by molar-refractivity contribution is 7.89. The maximum Gasteiger partial charge on any atom is 0.241 e. The Hall–Kier alpha value is -1.92. The quantitative estimate of drug-likeness (QED) is 0.826. The minimum atomic E-state index is -3.66. The number of halogens is 1. The van der Waals surface area contributed by atoms with E-state index >= 15 is 0 Å². The van der Waals surface area contributed by atoms with Gasteiger partial charge in [-0.05, 0) is 80.5 Å². The van der Waals surface area contributed by atoms with Crippen molar-refractivity contribution in [2.75, 3.05) is 0 Å². The zero-order chi connectivity index (χ0) is 18.2. The van der Waals surface area contributed by atoms with Crippen LogP contribution in [0, 0.1) is 5.82 Å². The van der Waals surface area contributed by atoms with E-state index in [-0.39, 0.29) is 16.8 Å². The summed E-state index contributed by atoms with van der Waals surface area (Å²) in [6.45, 7) is 0. The van der Waals surface area contributed by atoms with E-state index in [2.05, 4.69) is 4.72 Å². The number of hydrogen-bond acceptors (Lipinski definition) is 3. The van der Waals surface area contributed by atoms with Gasteiger partial charge in [0.05, 0.1) is 16.5 Å². The Labute approximate surface area is 153 Å². The Bertz CT molecular complexity index is 868. The van der Waals surface area contributed by atoms with Gasteiger partial charge in [0, 0.05) is 0 Å². The van der Waals surface area contributed by atoms with Gasteiger partial charge in [0.15, 0.2) is 0 Å². The smallest absolute Gasteiger partial charge is 0.241 e. The summed E-state index contributed by atoms with van der Waals surface area (Å²) in [6, 6.07) is 12.6. The fourth-order valence-corrected chi connectivity index (χ4v) is 5.00. The predicted molar refractivity (Wildman–Crippen MR) is 97.0 cm³/mol. The Morgan fingerprint density at radius 2 is 1.58 bits per heavy atom. The van der Waals surface area contributed by atoms with Gasteiger partial charge < -0.3 is 4.74 Å². The van der Waals surface area contributed by atoms with E-state index in [9.17, 15) is 12.8 Å². The van der Waals surface area contributed by atoms with Crippen LogP contribution in [0.4, 0.5) is 4.39 Å². The molecule has 0 amide bonds. The molecule has 2 aliphatic rings. The van der Waals surface area contributed by atoms with Crippen LogP contribution in [-0.4, -0.2) is 14.5 Å². The molecule has 2 saturated carbocycles. The summed E-state index contributed by atoms with van der Waals surface area (Å²) in [4.78, 5) is 0.213. The van der Waals surface area contributed by atoms with Crippen molar-refractivity contribution in [3.05, 3.63) is 59.9 Å². The molecule has 0 aliphatic heterocycles. The Morgan fingerprint density at radius 1 is 0.962 bits per heavy atom. The average Bonchev–Trinajstić information content (AvgIpc) is 3.20. The molecule has 26 heavy (non-hydrogen) atoms. The molecule has 2 aromatic rings. The fourth-order valence-electron chi connectivity index (χ4n) is 3.56. The second kappa shape index (κ2) is 6.67. The molecule has 2 aliphatic carbocycles. The van der Waals surface area contributed by atoms with E-state index in [0.29, 0.717) is 18.6 Å². The second-order valence-corrected chi connectivity index (χ2v) is 8.87. The van der Waals surface area contributed by atoms with Gasteiger partial charge in [-0.2, -0.15) is 0 Å². The van der Waals surface area contributed by atoms with Crippen molar-refractivity contribution in [3.8, 4) is 5.75 Å². The third-order valence-electron chi connectivity index (χ3n) is 5.22. The number of nitrogens with one attached hydrogen (secondary N) is 1. The Kier molecular flexibility index (Phi) is 4.49. The van der Waals surface area contributed by atoms with Gasteiger partial charge in [0.25, 0.3) is 0 Å². The molecule has 1 N–H and O–H groups in total. The predicted octanol–water partition coefficient (Wildman–Crippen LogP) is 4.11. The molecule has 0 bridgehead atoms. The maximum atomic E-state index is 13.1. The molecule has 4 nitrogen and oxygen atoms in total. The van der Waals surface area contributed by atoms with E-state index < -0.39 is 15.6 Å². The largest absolute Gasteiger partial charge is 0.490 e. The van der Waals surface area contributed by atoms with Crippen molar-refractivity contribution in [3.63, 3.8) is 0 Å². The summed E-state index contributed by atoms with van der Waals surface area (Å²) in [6.07, 6.45) is 6.15. The molecular formula is C20H22FNO3S. The first-order valence-electron chi connectivity index (χ1n) is 9.04. The molecule has 6 heteroatoms. The molecular weight excluding hydrogens is 353 g/mol. The van der Waals surface area contributed by atoms with E-state index in [1.165, 1.54) is 25.0 Å². The average molecular weight is 375 g/mol. The van der Waals surface area contributed by atoms with Gasteiger partial charge in [-0.3, -0.25) is 0 Å². The zero-order valence-electron chi connectivity index (χ0n) is 14.4. The summed E-state index contributed by atoms with van der Waals surface area (Å²) in [5.74, 6) is 0.376. The minimum absolute atomic E-state index is 0.213. The lowest BCUT2D eigenvalue weighted by Gasteiger charge is -2.18. The van der Waals surface area contributed by atoms with Crippen LogP contribution in [0.15, 0.2) is 53.4 Å². The third kappa shape index (κ3) is 3.62. The Morgan fingerprint density at radius 3 is 2.15 bits per heavy atom. The van der Waals surface area contributed by atoms with Gasteiger partial charge in [0.2, 0.25) is 10.0 Å². The molecule has 0 atom stereocenters. The van der Waals surface area contributed by atoms with Gasteiger partial charge >= 0.3 is 0 Å². The SMILES string of the molecule is O=S(=O)(NC1(c2ccc(F)cc2)CC1)c1ccc(OC2CCCC2)cc1. The van der Waals surface area contributed by atoms with Gasteiger partial charge in [-0.1, -0.05) is 12.1 Å². The topological polar surface area (TPSA) is 55.4 Å². The normalized spacial score (nSPS) is 19.4. The summed E-state index contributed by atoms with van der Waals surface area (Å²) in [7, 11) is -3.66. The lowest BCUT2D eigenvalue weighted by Crippen LogP contribution is -2.34. The third-order valence-corrected chi connectivity index (χ3v) is 6.77. The summed E-state index contributed by atoms with van der Waals surface area (Å²) < 4.78 is 47.3. The highest BCUT2D eigenvalue weighted by atomic mass is 32.2. The number of hydrogen-bond donors (Lipinski definition) is 1. The van der Waals surface area contributed by atoms with Gasteiger partial charge in [0.1, 0.15) is 11.6 Å². The number of rotatable bonds is 6. The molecule has 0 spiro atoms. The van der Waals surface area contributed by atoms with Gasteiger partial charge in [-0.25, -0.2) is 17.5 Å². The van der Waals surface area contributed by atoms with Crippen LogP contribution in [0.25, 0.3) is 0 Å². The zero-order valence-corrected chi connectivity index (χ0v) is 15.3. The molecule has 2 fully saturated rings. The van der Waals surface area contributed by atoms with Crippen LogP contribution >= 0.6 is 0 Å². The molecule has 0 radical (unpaired) electrons. The Balaban J connectivity index is 1.48. The van der Waals surface area contributed by atoms with Gasteiger partial charge in [-0.15, -0.1) is 0 Å². The van der Waals surface area contributed by atoms with Crippen molar-refractivity contribution >= 4 is 10.0 Å². The fraction of sp³-hybridized carbons (Fsp3) is 0.400. The number of ether oxygens (including phenoxy) is 1. The molecule has 0 heterocycles. The van der Waals surface area contributed by atoms with Crippen molar-refractivity contribution in [1.82, 2.24) is 4.72 Å². The van der Waals surface area contributed by atoms with E-state index in [0.717, 1.165) is 18.4 Å².